The van der Waals surface area contributed by atoms with Crippen molar-refractivity contribution in [1.82, 2.24) is 10.2 Å². The van der Waals surface area contributed by atoms with E-state index in [1.807, 2.05) is 6.92 Å². The number of amides is 1. The first-order valence-electron chi connectivity index (χ1n) is 5.35. The molecule has 0 spiro atoms. The minimum Gasteiger partial charge on any atom is -0.448 e. The van der Waals surface area contributed by atoms with E-state index in [0.29, 0.717) is 19.2 Å². The second kappa shape index (κ2) is 5.86. The summed E-state index contributed by atoms with van der Waals surface area (Å²) >= 11 is 0. The van der Waals surface area contributed by atoms with Crippen molar-refractivity contribution in [2.75, 3.05) is 26.7 Å². The van der Waals surface area contributed by atoms with E-state index in [9.17, 15) is 4.79 Å². The van der Waals surface area contributed by atoms with Crippen molar-refractivity contribution in [3.63, 3.8) is 0 Å². The molecule has 0 aromatic rings. The van der Waals surface area contributed by atoms with Crippen LogP contribution < -0.4 is 5.32 Å². The van der Waals surface area contributed by atoms with Crippen LogP contribution in [0.4, 0.5) is 4.79 Å². The highest BCUT2D eigenvalue weighted by Gasteiger charge is 2.15. The minimum atomic E-state index is -0.222. The predicted octanol–water partition coefficient (Wildman–Crippen LogP) is 1.22. The minimum absolute atomic E-state index is 0.222. The van der Waals surface area contributed by atoms with Gasteiger partial charge < -0.3 is 15.0 Å². The summed E-state index contributed by atoms with van der Waals surface area (Å²) in [5.74, 6) is 0. The van der Waals surface area contributed by atoms with Crippen molar-refractivity contribution in [2.24, 2.45) is 0 Å². The number of piperidine rings is 1. The second-order valence-electron chi connectivity index (χ2n) is 3.74. The van der Waals surface area contributed by atoms with Gasteiger partial charge in [0.05, 0.1) is 0 Å². The standard InChI is InChI=1S/C10H20N2O2/c1-3-12(2)10(13)14-8-9-6-4-5-7-11-9/h9,11H,3-8H2,1-2H3/t9-/m0/s1. The van der Waals surface area contributed by atoms with Gasteiger partial charge in [0.15, 0.2) is 0 Å². The molecule has 1 rings (SSSR count). The van der Waals surface area contributed by atoms with Gasteiger partial charge in [0.25, 0.3) is 0 Å². The lowest BCUT2D eigenvalue weighted by Crippen LogP contribution is -2.39. The van der Waals surface area contributed by atoms with Gasteiger partial charge >= 0.3 is 6.09 Å². The van der Waals surface area contributed by atoms with E-state index >= 15 is 0 Å². The molecule has 4 nitrogen and oxygen atoms in total. The number of rotatable bonds is 3. The molecule has 0 aromatic carbocycles. The zero-order chi connectivity index (χ0) is 10.4. The third-order valence-corrected chi connectivity index (χ3v) is 2.61. The molecular weight excluding hydrogens is 180 g/mol. The number of carbonyl (C=O) groups is 1. The lowest BCUT2D eigenvalue weighted by atomic mass is 10.1. The van der Waals surface area contributed by atoms with Crippen LogP contribution in [-0.4, -0.2) is 43.8 Å². The topological polar surface area (TPSA) is 41.6 Å². The fourth-order valence-electron chi connectivity index (χ4n) is 1.48. The highest BCUT2D eigenvalue weighted by molar-refractivity contribution is 5.67. The average molecular weight is 200 g/mol. The van der Waals surface area contributed by atoms with Gasteiger partial charge in [-0.05, 0) is 26.3 Å². The summed E-state index contributed by atoms with van der Waals surface area (Å²) in [6.07, 6.45) is 3.36. The Morgan fingerprint density at radius 3 is 2.93 bits per heavy atom. The van der Waals surface area contributed by atoms with Gasteiger partial charge in [0, 0.05) is 19.6 Å². The molecule has 1 heterocycles. The van der Waals surface area contributed by atoms with E-state index in [4.69, 9.17) is 4.74 Å². The maximum Gasteiger partial charge on any atom is 0.409 e. The van der Waals surface area contributed by atoms with Crippen molar-refractivity contribution in [3.05, 3.63) is 0 Å². The van der Waals surface area contributed by atoms with Crippen LogP contribution in [0.1, 0.15) is 26.2 Å². The summed E-state index contributed by atoms with van der Waals surface area (Å²) in [5, 5.41) is 3.34. The molecule has 1 aliphatic rings. The number of nitrogens with zero attached hydrogens (tertiary/aromatic N) is 1. The molecule has 4 heteroatoms. The lowest BCUT2D eigenvalue weighted by Gasteiger charge is -2.24. The molecule has 1 N–H and O–H groups in total. The number of carbonyl (C=O) groups excluding carboxylic acids is 1. The Morgan fingerprint density at radius 1 is 1.57 bits per heavy atom. The summed E-state index contributed by atoms with van der Waals surface area (Å²) in [7, 11) is 1.75. The quantitative estimate of drug-likeness (QED) is 0.744. The van der Waals surface area contributed by atoms with E-state index in [0.717, 1.165) is 13.0 Å². The Hall–Kier alpha value is -0.770. The zero-order valence-corrected chi connectivity index (χ0v) is 9.08. The zero-order valence-electron chi connectivity index (χ0n) is 9.08. The van der Waals surface area contributed by atoms with Gasteiger partial charge in [-0.15, -0.1) is 0 Å². The van der Waals surface area contributed by atoms with Gasteiger partial charge in [-0.1, -0.05) is 6.42 Å². The molecule has 1 amide bonds. The van der Waals surface area contributed by atoms with Gasteiger partial charge in [-0.3, -0.25) is 0 Å². The Kier molecular flexibility index (Phi) is 4.73. The molecule has 0 radical (unpaired) electrons. The van der Waals surface area contributed by atoms with Crippen molar-refractivity contribution in [3.8, 4) is 0 Å². The van der Waals surface area contributed by atoms with Crippen LogP contribution in [0, 0.1) is 0 Å². The van der Waals surface area contributed by atoms with E-state index in [1.165, 1.54) is 12.8 Å². The largest absolute Gasteiger partial charge is 0.448 e. The number of hydrogen-bond donors (Lipinski definition) is 1. The van der Waals surface area contributed by atoms with Crippen LogP contribution in [0.2, 0.25) is 0 Å². The SMILES string of the molecule is CCN(C)C(=O)OC[C@@H]1CCCCN1. The second-order valence-corrected chi connectivity index (χ2v) is 3.74. The normalized spacial score (nSPS) is 21.7. The summed E-state index contributed by atoms with van der Waals surface area (Å²) in [6, 6.07) is 0.359. The van der Waals surface area contributed by atoms with E-state index in [-0.39, 0.29) is 6.09 Å². The lowest BCUT2D eigenvalue weighted by molar-refractivity contribution is 0.0983. The third-order valence-electron chi connectivity index (χ3n) is 2.61. The number of nitrogens with one attached hydrogen (secondary N) is 1. The average Bonchev–Trinajstić information content (AvgIpc) is 2.26. The maximum atomic E-state index is 11.3. The van der Waals surface area contributed by atoms with E-state index in [1.54, 1.807) is 11.9 Å². The van der Waals surface area contributed by atoms with Crippen molar-refractivity contribution in [1.29, 1.82) is 0 Å². The Balaban J connectivity index is 2.15. The van der Waals surface area contributed by atoms with Gasteiger partial charge in [-0.25, -0.2) is 4.79 Å². The van der Waals surface area contributed by atoms with Crippen LogP contribution in [0.5, 0.6) is 0 Å². The number of hydrogen-bond acceptors (Lipinski definition) is 3. The molecule has 82 valence electrons. The molecule has 0 aliphatic carbocycles. The van der Waals surface area contributed by atoms with Crippen molar-refractivity contribution >= 4 is 6.09 Å². The van der Waals surface area contributed by atoms with Crippen LogP contribution >= 0.6 is 0 Å². The van der Waals surface area contributed by atoms with E-state index in [2.05, 4.69) is 5.32 Å². The Morgan fingerprint density at radius 2 is 2.36 bits per heavy atom. The van der Waals surface area contributed by atoms with Crippen molar-refractivity contribution in [2.45, 2.75) is 32.2 Å². The molecule has 1 atom stereocenters. The van der Waals surface area contributed by atoms with Gasteiger partial charge in [0.2, 0.25) is 0 Å². The van der Waals surface area contributed by atoms with Crippen molar-refractivity contribution < 1.29 is 9.53 Å². The molecule has 14 heavy (non-hydrogen) atoms. The first kappa shape index (κ1) is 11.3. The summed E-state index contributed by atoms with van der Waals surface area (Å²) < 4.78 is 5.16. The molecule has 0 bridgehead atoms. The predicted molar refractivity (Wildman–Crippen MR) is 55.3 cm³/mol. The summed E-state index contributed by atoms with van der Waals surface area (Å²) in [4.78, 5) is 12.9. The highest BCUT2D eigenvalue weighted by atomic mass is 16.6. The molecule has 0 unspecified atom stereocenters. The highest BCUT2D eigenvalue weighted by Crippen LogP contribution is 2.07. The van der Waals surface area contributed by atoms with E-state index < -0.39 is 0 Å². The van der Waals surface area contributed by atoms with Crippen LogP contribution in [-0.2, 0) is 4.74 Å². The molecule has 0 aromatic heterocycles. The first-order chi connectivity index (χ1) is 6.74. The molecule has 1 aliphatic heterocycles. The monoisotopic (exact) mass is 200 g/mol. The Bertz CT molecular complexity index is 179. The van der Waals surface area contributed by atoms with Crippen LogP contribution in [0.15, 0.2) is 0 Å². The molecule has 1 saturated heterocycles. The molecule has 0 saturated carbocycles. The molecule has 1 fully saturated rings. The summed E-state index contributed by atoms with van der Waals surface area (Å²) in [6.45, 7) is 4.17. The maximum absolute atomic E-state index is 11.3. The first-order valence-corrected chi connectivity index (χ1v) is 5.35. The fraction of sp³-hybridized carbons (Fsp3) is 0.900. The third kappa shape index (κ3) is 3.54. The number of ether oxygens (including phenoxy) is 1. The summed E-state index contributed by atoms with van der Waals surface area (Å²) in [5.41, 5.74) is 0. The van der Waals surface area contributed by atoms with Crippen LogP contribution in [0.25, 0.3) is 0 Å². The molecular formula is C10H20N2O2. The van der Waals surface area contributed by atoms with Crippen LogP contribution in [0.3, 0.4) is 0 Å². The Labute approximate surface area is 85.6 Å². The van der Waals surface area contributed by atoms with Gasteiger partial charge in [-0.2, -0.15) is 0 Å². The smallest absolute Gasteiger partial charge is 0.409 e. The van der Waals surface area contributed by atoms with Gasteiger partial charge in [0.1, 0.15) is 6.61 Å². The fourth-order valence-corrected chi connectivity index (χ4v) is 1.48.